The molecule has 3 aromatic carbocycles. The number of anilines is 1. The fourth-order valence-electron chi connectivity index (χ4n) is 3.33. The molecule has 0 spiro atoms. The number of fused-ring (bicyclic) bond motifs is 1. The molecular formula is C23H20ClFN2O. The molecule has 1 aliphatic rings. The van der Waals surface area contributed by atoms with E-state index in [1.165, 1.54) is 23.3 Å². The number of nitrogens with zero attached hydrogens (tertiary/aromatic N) is 2. The highest BCUT2D eigenvalue weighted by Gasteiger charge is 2.18. The van der Waals surface area contributed by atoms with Crippen LogP contribution < -0.4 is 4.90 Å². The van der Waals surface area contributed by atoms with E-state index in [2.05, 4.69) is 46.5 Å². The Morgan fingerprint density at radius 3 is 2.50 bits per heavy atom. The highest BCUT2D eigenvalue weighted by Crippen LogP contribution is 2.28. The summed E-state index contributed by atoms with van der Waals surface area (Å²) in [6.07, 6.45) is 0. The Balaban J connectivity index is 1.44. The van der Waals surface area contributed by atoms with Gasteiger partial charge in [0, 0.05) is 29.9 Å². The summed E-state index contributed by atoms with van der Waals surface area (Å²) in [6.45, 7) is 3.92. The van der Waals surface area contributed by atoms with Crippen LogP contribution in [0.2, 0.25) is 5.02 Å². The third kappa shape index (κ3) is 4.02. The van der Waals surface area contributed by atoms with Crippen LogP contribution >= 0.6 is 11.6 Å². The van der Waals surface area contributed by atoms with Crippen LogP contribution in [0.15, 0.2) is 71.9 Å². The molecule has 3 aromatic rings. The van der Waals surface area contributed by atoms with Gasteiger partial charge in [0.15, 0.2) is 0 Å². The van der Waals surface area contributed by atoms with Gasteiger partial charge in [0.05, 0.1) is 10.7 Å². The molecular weight excluding hydrogens is 375 g/mol. The summed E-state index contributed by atoms with van der Waals surface area (Å²) in [5.41, 5.74) is 6.37. The summed E-state index contributed by atoms with van der Waals surface area (Å²) in [7, 11) is 0. The largest absolute Gasteiger partial charge is 0.391 e. The molecule has 1 heterocycles. The van der Waals surface area contributed by atoms with E-state index < -0.39 is 0 Å². The van der Waals surface area contributed by atoms with E-state index in [4.69, 9.17) is 16.4 Å². The zero-order valence-corrected chi connectivity index (χ0v) is 16.3. The van der Waals surface area contributed by atoms with E-state index in [1.807, 2.05) is 19.1 Å². The predicted molar refractivity (Wildman–Crippen MR) is 111 cm³/mol. The van der Waals surface area contributed by atoms with Gasteiger partial charge in [-0.2, -0.15) is 0 Å². The summed E-state index contributed by atoms with van der Waals surface area (Å²) in [4.78, 5) is 7.79. The molecule has 0 N–H and O–H groups in total. The normalized spacial score (nSPS) is 13.5. The number of rotatable bonds is 5. The molecule has 5 heteroatoms. The summed E-state index contributed by atoms with van der Waals surface area (Å²) in [6, 6.07) is 21.0. The molecule has 0 unspecified atom stereocenters. The topological polar surface area (TPSA) is 24.8 Å². The van der Waals surface area contributed by atoms with Gasteiger partial charge in [-0.25, -0.2) is 4.39 Å². The minimum absolute atomic E-state index is 0.192. The van der Waals surface area contributed by atoms with Crippen molar-refractivity contribution in [1.29, 1.82) is 0 Å². The standard InChI is InChI=1S/C23H20ClFN2O/c1-16(26-28-15-20-9-10-21(25)12-23(20)24)17-7-4-8-22(11-17)27-13-18-5-2-3-6-19(18)14-27/h2-12H,13-15H2,1H3. The zero-order valence-electron chi connectivity index (χ0n) is 15.5. The van der Waals surface area contributed by atoms with Crippen LogP contribution in [0.4, 0.5) is 10.1 Å². The second-order valence-electron chi connectivity index (χ2n) is 6.86. The summed E-state index contributed by atoms with van der Waals surface area (Å²) in [5.74, 6) is -0.366. The second-order valence-corrected chi connectivity index (χ2v) is 7.27. The molecule has 1 aliphatic heterocycles. The molecule has 0 aromatic heterocycles. The van der Waals surface area contributed by atoms with Crippen molar-refractivity contribution < 1.29 is 9.23 Å². The van der Waals surface area contributed by atoms with Crippen molar-refractivity contribution >= 4 is 23.0 Å². The Morgan fingerprint density at radius 1 is 1.04 bits per heavy atom. The molecule has 0 radical (unpaired) electrons. The van der Waals surface area contributed by atoms with Crippen LogP contribution in [-0.2, 0) is 24.5 Å². The SMILES string of the molecule is CC(=NOCc1ccc(F)cc1Cl)c1cccc(N2Cc3ccccc3C2)c1. The number of halogens is 2. The molecule has 0 saturated heterocycles. The van der Waals surface area contributed by atoms with Gasteiger partial charge in [0.25, 0.3) is 0 Å². The lowest BCUT2D eigenvalue weighted by Gasteiger charge is -2.18. The Labute approximate surface area is 169 Å². The molecule has 0 fully saturated rings. The lowest BCUT2D eigenvalue weighted by molar-refractivity contribution is 0.130. The Kier molecular flexibility index (Phi) is 5.31. The first-order valence-electron chi connectivity index (χ1n) is 9.13. The monoisotopic (exact) mass is 394 g/mol. The van der Waals surface area contributed by atoms with Crippen molar-refractivity contribution in [2.75, 3.05) is 4.90 Å². The van der Waals surface area contributed by atoms with E-state index in [1.54, 1.807) is 6.07 Å². The summed E-state index contributed by atoms with van der Waals surface area (Å²) < 4.78 is 13.1. The van der Waals surface area contributed by atoms with Gasteiger partial charge < -0.3 is 9.74 Å². The first-order chi connectivity index (χ1) is 13.6. The molecule has 142 valence electrons. The van der Waals surface area contributed by atoms with Crippen LogP contribution in [0.5, 0.6) is 0 Å². The van der Waals surface area contributed by atoms with Crippen molar-refractivity contribution in [3.8, 4) is 0 Å². The molecule has 0 amide bonds. The van der Waals surface area contributed by atoms with Crippen molar-refractivity contribution in [1.82, 2.24) is 0 Å². The number of hydrogen-bond acceptors (Lipinski definition) is 3. The molecule has 4 rings (SSSR count). The smallest absolute Gasteiger partial charge is 0.143 e. The molecule has 28 heavy (non-hydrogen) atoms. The number of oxime groups is 1. The summed E-state index contributed by atoms with van der Waals surface area (Å²) >= 11 is 6.02. The molecule has 0 bridgehead atoms. The van der Waals surface area contributed by atoms with Crippen molar-refractivity contribution in [2.24, 2.45) is 5.16 Å². The van der Waals surface area contributed by atoms with E-state index in [0.717, 1.165) is 30.1 Å². The van der Waals surface area contributed by atoms with Gasteiger partial charge >= 0.3 is 0 Å². The molecule has 3 nitrogen and oxygen atoms in total. The van der Waals surface area contributed by atoms with Gasteiger partial charge in [0.1, 0.15) is 12.4 Å². The maximum Gasteiger partial charge on any atom is 0.143 e. The van der Waals surface area contributed by atoms with E-state index in [-0.39, 0.29) is 12.4 Å². The second kappa shape index (κ2) is 8.03. The van der Waals surface area contributed by atoms with Gasteiger partial charge in [-0.1, -0.05) is 59.2 Å². The third-order valence-corrected chi connectivity index (χ3v) is 5.26. The van der Waals surface area contributed by atoms with Gasteiger partial charge in [0.2, 0.25) is 0 Å². The fraction of sp³-hybridized carbons (Fsp3) is 0.174. The lowest BCUT2D eigenvalue weighted by atomic mass is 10.1. The van der Waals surface area contributed by atoms with Gasteiger partial charge in [-0.15, -0.1) is 0 Å². The first kappa shape index (κ1) is 18.5. The van der Waals surface area contributed by atoms with E-state index >= 15 is 0 Å². The van der Waals surface area contributed by atoms with Crippen LogP contribution in [0.1, 0.15) is 29.2 Å². The lowest BCUT2D eigenvalue weighted by Crippen LogP contribution is -2.14. The molecule has 0 aliphatic carbocycles. The van der Waals surface area contributed by atoms with Gasteiger partial charge in [-0.3, -0.25) is 0 Å². The average molecular weight is 395 g/mol. The van der Waals surface area contributed by atoms with Crippen LogP contribution in [0, 0.1) is 5.82 Å². The molecule has 0 atom stereocenters. The fourth-order valence-corrected chi connectivity index (χ4v) is 3.56. The number of benzene rings is 3. The van der Waals surface area contributed by atoms with Crippen LogP contribution in [0.25, 0.3) is 0 Å². The Morgan fingerprint density at radius 2 is 1.79 bits per heavy atom. The first-order valence-corrected chi connectivity index (χ1v) is 9.50. The molecule has 0 saturated carbocycles. The van der Waals surface area contributed by atoms with Crippen LogP contribution in [-0.4, -0.2) is 5.71 Å². The highest BCUT2D eigenvalue weighted by molar-refractivity contribution is 6.31. The zero-order chi connectivity index (χ0) is 19.5. The summed E-state index contributed by atoms with van der Waals surface area (Å²) in [5, 5.41) is 4.54. The van der Waals surface area contributed by atoms with Gasteiger partial charge in [-0.05, 0) is 42.3 Å². The Hall–Kier alpha value is -2.85. The Bertz CT molecular complexity index is 1010. The average Bonchev–Trinajstić information content (AvgIpc) is 3.14. The van der Waals surface area contributed by atoms with Crippen molar-refractivity contribution in [2.45, 2.75) is 26.6 Å². The minimum atomic E-state index is -0.366. The van der Waals surface area contributed by atoms with E-state index in [0.29, 0.717) is 10.6 Å². The third-order valence-electron chi connectivity index (χ3n) is 4.91. The van der Waals surface area contributed by atoms with Crippen molar-refractivity contribution in [3.05, 3.63) is 99.8 Å². The number of hydrogen-bond donors (Lipinski definition) is 0. The maximum absolute atomic E-state index is 13.1. The highest BCUT2D eigenvalue weighted by atomic mass is 35.5. The minimum Gasteiger partial charge on any atom is -0.391 e. The quantitative estimate of drug-likeness (QED) is 0.395. The maximum atomic E-state index is 13.1. The van der Waals surface area contributed by atoms with Crippen molar-refractivity contribution in [3.63, 3.8) is 0 Å². The predicted octanol–water partition coefficient (Wildman–Crippen LogP) is 5.94. The van der Waals surface area contributed by atoms with E-state index in [9.17, 15) is 4.39 Å². The van der Waals surface area contributed by atoms with Crippen LogP contribution in [0.3, 0.4) is 0 Å².